The Labute approximate surface area is 78.2 Å². The van der Waals surface area contributed by atoms with Crippen LogP contribution in [-0.2, 0) is 11.2 Å². The predicted molar refractivity (Wildman–Crippen MR) is 50.8 cm³/mol. The molecule has 2 rings (SSSR count). The SMILES string of the molecule is CC1Cc2cccc(O)c2C(C)O1. The molecule has 1 aliphatic heterocycles. The second kappa shape index (κ2) is 3.04. The molecule has 0 amide bonds. The van der Waals surface area contributed by atoms with Gasteiger partial charge >= 0.3 is 0 Å². The molecule has 1 aliphatic rings. The Morgan fingerprint density at radius 1 is 1.38 bits per heavy atom. The minimum Gasteiger partial charge on any atom is -0.508 e. The molecule has 0 bridgehead atoms. The molecule has 0 saturated carbocycles. The molecule has 70 valence electrons. The first-order chi connectivity index (χ1) is 6.18. The Morgan fingerprint density at radius 3 is 2.92 bits per heavy atom. The molecule has 2 unspecified atom stereocenters. The van der Waals surface area contributed by atoms with Crippen LogP contribution in [0.2, 0.25) is 0 Å². The zero-order chi connectivity index (χ0) is 9.42. The molecular formula is C11H14O2. The van der Waals surface area contributed by atoms with E-state index in [1.165, 1.54) is 5.56 Å². The van der Waals surface area contributed by atoms with Crippen LogP contribution < -0.4 is 0 Å². The smallest absolute Gasteiger partial charge is 0.121 e. The van der Waals surface area contributed by atoms with E-state index in [-0.39, 0.29) is 12.2 Å². The number of benzene rings is 1. The van der Waals surface area contributed by atoms with Crippen molar-refractivity contribution >= 4 is 0 Å². The number of phenols is 1. The molecule has 1 aromatic rings. The van der Waals surface area contributed by atoms with Crippen molar-refractivity contribution in [2.75, 3.05) is 0 Å². The normalized spacial score (nSPS) is 26.9. The van der Waals surface area contributed by atoms with Crippen LogP contribution in [0.25, 0.3) is 0 Å². The summed E-state index contributed by atoms with van der Waals surface area (Å²) in [4.78, 5) is 0. The van der Waals surface area contributed by atoms with Crippen LogP contribution in [0.5, 0.6) is 5.75 Å². The minimum absolute atomic E-state index is 0.0138. The third-order valence-electron chi connectivity index (χ3n) is 2.52. The van der Waals surface area contributed by atoms with Crippen molar-refractivity contribution in [2.24, 2.45) is 0 Å². The molecule has 1 aromatic carbocycles. The molecule has 0 aliphatic carbocycles. The van der Waals surface area contributed by atoms with E-state index in [1.54, 1.807) is 6.07 Å². The van der Waals surface area contributed by atoms with Crippen LogP contribution in [0.4, 0.5) is 0 Å². The minimum atomic E-state index is 0.0138. The van der Waals surface area contributed by atoms with Crippen molar-refractivity contribution in [3.63, 3.8) is 0 Å². The third kappa shape index (κ3) is 1.42. The summed E-state index contributed by atoms with van der Waals surface area (Å²) < 4.78 is 5.63. The average Bonchev–Trinajstić information content (AvgIpc) is 2.02. The predicted octanol–water partition coefficient (Wildman–Crippen LogP) is 2.41. The Hall–Kier alpha value is -1.02. The molecule has 0 fully saturated rings. The summed E-state index contributed by atoms with van der Waals surface area (Å²) in [5.74, 6) is 0.358. The van der Waals surface area contributed by atoms with Gasteiger partial charge in [0.05, 0.1) is 12.2 Å². The second-order valence-corrected chi connectivity index (χ2v) is 3.64. The van der Waals surface area contributed by atoms with Gasteiger partial charge in [0.25, 0.3) is 0 Å². The van der Waals surface area contributed by atoms with Gasteiger partial charge in [0, 0.05) is 5.56 Å². The Morgan fingerprint density at radius 2 is 2.15 bits per heavy atom. The van der Waals surface area contributed by atoms with Crippen molar-refractivity contribution < 1.29 is 9.84 Å². The van der Waals surface area contributed by atoms with Crippen LogP contribution in [-0.4, -0.2) is 11.2 Å². The second-order valence-electron chi connectivity index (χ2n) is 3.64. The van der Waals surface area contributed by atoms with Gasteiger partial charge in [-0.25, -0.2) is 0 Å². The standard InChI is InChI=1S/C11H14O2/c1-7-6-9-4-3-5-10(12)11(9)8(2)13-7/h3-5,7-8,12H,6H2,1-2H3. The van der Waals surface area contributed by atoms with Gasteiger partial charge in [-0.05, 0) is 31.9 Å². The monoisotopic (exact) mass is 178 g/mol. The van der Waals surface area contributed by atoms with Crippen molar-refractivity contribution in [2.45, 2.75) is 32.5 Å². The fraction of sp³-hybridized carbons (Fsp3) is 0.455. The van der Waals surface area contributed by atoms with Gasteiger partial charge in [-0.2, -0.15) is 0 Å². The van der Waals surface area contributed by atoms with Gasteiger partial charge in [-0.1, -0.05) is 12.1 Å². The van der Waals surface area contributed by atoms with Crippen molar-refractivity contribution in [3.05, 3.63) is 29.3 Å². The highest BCUT2D eigenvalue weighted by atomic mass is 16.5. The molecule has 0 saturated heterocycles. The van der Waals surface area contributed by atoms with Crippen LogP contribution >= 0.6 is 0 Å². The molecule has 1 heterocycles. The quantitative estimate of drug-likeness (QED) is 0.661. The number of ether oxygens (including phenoxy) is 1. The highest BCUT2D eigenvalue weighted by molar-refractivity contribution is 5.42. The zero-order valence-electron chi connectivity index (χ0n) is 7.95. The number of hydrogen-bond acceptors (Lipinski definition) is 2. The highest BCUT2D eigenvalue weighted by Crippen LogP contribution is 2.35. The zero-order valence-corrected chi connectivity index (χ0v) is 7.95. The van der Waals surface area contributed by atoms with Crippen LogP contribution in [0.15, 0.2) is 18.2 Å². The van der Waals surface area contributed by atoms with E-state index in [4.69, 9.17) is 4.74 Å². The van der Waals surface area contributed by atoms with E-state index in [2.05, 4.69) is 13.0 Å². The van der Waals surface area contributed by atoms with E-state index < -0.39 is 0 Å². The first kappa shape index (κ1) is 8.57. The van der Waals surface area contributed by atoms with E-state index in [0.717, 1.165) is 12.0 Å². The summed E-state index contributed by atoms with van der Waals surface area (Å²) in [6.45, 7) is 4.04. The van der Waals surface area contributed by atoms with Crippen molar-refractivity contribution in [1.29, 1.82) is 0 Å². The van der Waals surface area contributed by atoms with Gasteiger partial charge in [0.15, 0.2) is 0 Å². The number of phenolic OH excluding ortho intramolecular Hbond substituents is 1. The van der Waals surface area contributed by atoms with E-state index in [0.29, 0.717) is 5.75 Å². The maximum atomic E-state index is 9.63. The number of fused-ring (bicyclic) bond motifs is 1. The molecule has 13 heavy (non-hydrogen) atoms. The van der Waals surface area contributed by atoms with E-state index in [1.807, 2.05) is 13.0 Å². The summed E-state index contributed by atoms with van der Waals surface area (Å²) >= 11 is 0. The lowest BCUT2D eigenvalue weighted by Crippen LogP contribution is -2.21. The van der Waals surface area contributed by atoms with Crippen molar-refractivity contribution in [1.82, 2.24) is 0 Å². The molecular weight excluding hydrogens is 164 g/mol. The Kier molecular flexibility index (Phi) is 2.00. The van der Waals surface area contributed by atoms with Gasteiger partial charge in [0.1, 0.15) is 5.75 Å². The first-order valence-electron chi connectivity index (χ1n) is 4.64. The molecule has 0 spiro atoms. The fourth-order valence-electron chi connectivity index (χ4n) is 2.02. The molecule has 0 radical (unpaired) electrons. The topological polar surface area (TPSA) is 29.5 Å². The summed E-state index contributed by atoms with van der Waals surface area (Å²) in [5.41, 5.74) is 2.17. The molecule has 0 aromatic heterocycles. The molecule has 2 heteroatoms. The Balaban J connectivity index is 2.49. The first-order valence-corrected chi connectivity index (χ1v) is 4.64. The molecule has 1 N–H and O–H groups in total. The fourth-order valence-corrected chi connectivity index (χ4v) is 2.02. The van der Waals surface area contributed by atoms with Crippen LogP contribution in [0.1, 0.15) is 31.1 Å². The Bertz CT molecular complexity index is 320. The summed E-state index contributed by atoms with van der Waals surface area (Å²) in [6.07, 6.45) is 1.16. The summed E-state index contributed by atoms with van der Waals surface area (Å²) in [7, 11) is 0. The van der Waals surface area contributed by atoms with Gasteiger partial charge in [0.2, 0.25) is 0 Å². The van der Waals surface area contributed by atoms with Gasteiger partial charge in [-0.3, -0.25) is 0 Å². The lowest BCUT2D eigenvalue weighted by molar-refractivity contribution is -0.00599. The lowest BCUT2D eigenvalue weighted by atomic mass is 9.94. The van der Waals surface area contributed by atoms with Crippen LogP contribution in [0.3, 0.4) is 0 Å². The van der Waals surface area contributed by atoms with Crippen molar-refractivity contribution in [3.8, 4) is 5.75 Å². The molecule has 2 atom stereocenters. The lowest BCUT2D eigenvalue weighted by Gasteiger charge is -2.28. The van der Waals surface area contributed by atoms with Gasteiger partial charge in [-0.15, -0.1) is 0 Å². The number of hydrogen-bond donors (Lipinski definition) is 1. The molecule has 2 nitrogen and oxygen atoms in total. The maximum Gasteiger partial charge on any atom is 0.121 e. The van der Waals surface area contributed by atoms with E-state index in [9.17, 15) is 5.11 Å². The average molecular weight is 178 g/mol. The third-order valence-corrected chi connectivity index (χ3v) is 2.52. The number of aromatic hydroxyl groups is 1. The highest BCUT2D eigenvalue weighted by Gasteiger charge is 2.23. The van der Waals surface area contributed by atoms with Gasteiger partial charge < -0.3 is 9.84 Å². The number of rotatable bonds is 0. The largest absolute Gasteiger partial charge is 0.508 e. The summed E-state index contributed by atoms with van der Waals surface area (Å²) in [6, 6.07) is 5.66. The van der Waals surface area contributed by atoms with Crippen LogP contribution in [0, 0.1) is 0 Å². The summed E-state index contributed by atoms with van der Waals surface area (Å²) in [5, 5.41) is 9.63. The van der Waals surface area contributed by atoms with E-state index >= 15 is 0 Å². The maximum absolute atomic E-state index is 9.63.